The van der Waals surface area contributed by atoms with Crippen molar-refractivity contribution in [3.8, 4) is 0 Å². The van der Waals surface area contributed by atoms with Gasteiger partial charge in [0.25, 0.3) is 10.0 Å². The lowest BCUT2D eigenvalue weighted by molar-refractivity contribution is 0.599. The fourth-order valence-electron chi connectivity index (χ4n) is 3.12. The lowest BCUT2D eigenvalue weighted by atomic mass is 10.0. The molecule has 1 N–H and O–H groups in total. The molecule has 0 saturated heterocycles. The van der Waals surface area contributed by atoms with E-state index in [1.807, 2.05) is 19.9 Å². The summed E-state index contributed by atoms with van der Waals surface area (Å²) >= 11 is 6.04. The summed E-state index contributed by atoms with van der Waals surface area (Å²) < 4.78 is 43.3. The Kier molecular flexibility index (Phi) is 5.50. The van der Waals surface area contributed by atoms with Crippen LogP contribution in [0.5, 0.6) is 0 Å². The van der Waals surface area contributed by atoms with Crippen LogP contribution in [0.1, 0.15) is 27.8 Å². The van der Waals surface area contributed by atoms with E-state index < -0.39 is 15.8 Å². The van der Waals surface area contributed by atoms with Crippen LogP contribution in [0.15, 0.2) is 41.6 Å². The Morgan fingerprint density at radius 1 is 1.11 bits per heavy atom. The maximum Gasteiger partial charge on any atom is 0.262 e. The van der Waals surface area contributed by atoms with Crippen LogP contribution in [0.4, 0.5) is 10.1 Å². The van der Waals surface area contributed by atoms with E-state index in [1.54, 1.807) is 26.1 Å². The molecule has 0 aliphatic carbocycles. The van der Waals surface area contributed by atoms with Gasteiger partial charge in [0.2, 0.25) is 0 Å². The standard InChI is InChI=1S/C20H21ClFN3O2S/c1-12-7-13(2)15(4)20(14(12)3)28(26,27)24-18-9-23-25(11-18)10-16-5-6-17(22)8-19(16)21/h5-9,11,24H,10H2,1-4H3. The topological polar surface area (TPSA) is 64.0 Å². The van der Waals surface area contributed by atoms with Gasteiger partial charge in [-0.15, -0.1) is 0 Å². The number of hydrogen-bond acceptors (Lipinski definition) is 3. The molecule has 0 saturated carbocycles. The number of nitrogens with zero attached hydrogens (tertiary/aromatic N) is 2. The highest BCUT2D eigenvalue weighted by atomic mass is 35.5. The van der Waals surface area contributed by atoms with Crippen molar-refractivity contribution in [2.24, 2.45) is 0 Å². The minimum atomic E-state index is -3.77. The molecule has 3 rings (SSSR count). The molecule has 0 unspecified atom stereocenters. The van der Waals surface area contributed by atoms with Crippen molar-refractivity contribution in [2.45, 2.75) is 39.1 Å². The van der Waals surface area contributed by atoms with Crippen molar-refractivity contribution < 1.29 is 12.8 Å². The number of hydrogen-bond donors (Lipinski definition) is 1. The second-order valence-corrected chi connectivity index (χ2v) is 8.88. The van der Waals surface area contributed by atoms with Gasteiger partial charge >= 0.3 is 0 Å². The van der Waals surface area contributed by atoms with Crippen molar-refractivity contribution >= 4 is 27.3 Å². The van der Waals surface area contributed by atoms with Gasteiger partial charge in [0.15, 0.2) is 0 Å². The Labute approximate surface area is 169 Å². The molecule has 0 aliphatic heterocycles. The number of halogens is 2. The molecule has 0 aliphatic rings. The summed E-state index contributed by atoms with van der Waals surface area (Å²) in [5.41, 5.74) is 4.31. The quantitative estimate of drug-likeness (QED) is 0.646. The van der Waals surface area contributed by atoms with E-state index in [2.05, 4.69) is 9.82 Å². The molecule has 28 heavy (non-hydrogen) atoms. The van der Waals surface area contributed by atoms with Crippen LogP contribution in [0, 0.1) is 33.5 Å². The zero-order valence-corrected chi connectivity index (χ0v) is 17.6. The first kappa shape index (κ1) is 20.4. The van der Waals surface area contributed by atoms with Crippen molar-refractivity contribution in [3.05, 3.63) is 75.3 Å². The average Bonchev–Trinajstić information content (AvgIpc) is 3.02. The molecule has 0 atom stereocenters. The maximum atomic E-state index is 13.2. The number of benzene rings is 2. The van der Waals surface area contributed by atoms with Gasteiger partial charge in [-0.2, -0.15) is 5.10 Å². The van der Waals surface area contributed by atoms with Crippen LogP contribution in [-0.2, 0) is 16.6 Å². The number of aryl methyl sites for hydroxylation is 2. The Hall–Kier alpha value is -2.38. The third-order valence-corrected chi connectivity index (χ3v) is 6.80. The number of rotatable bonds is 5. The minimum absolute atomic E-state index is 0.291. The molecule has 2 aromatic carbocycles. The first-order chi connectivity index (χ1) is 13.1. The molecular weight excluding hydrogens is 401 g/mol. The first-order valence-corrected chi connectivity index (χ1v) is 10.5. The van der Waals surface area contributed by atoms with Gasteiger partial charge in [-0.1, -0.05) is 23.7 Å². The summed E-state index contributed by atoms with van der Waals surface area (Å²) in [6.45, 7) is 7.69. The largest absolute Gasteiger partial charge is 0.276 e. The van der Waals surface area contributed by atoms with Crippen molar-refractivity contribution in [1.82, 2.24) is 9.78 Å². The Balaban J connectivity index is 1.87. The van der Waals surface area contributed by atoms with Crippen LogP contribution in [-0.4, -0.2) is 18.2 Å². The summed E-state index contributed by atoms with van der Waals surface area (Å²) in [6, 6.07) is 6.11. The lowest BCUT2D eigenvalue weighted by Crippen LogP contribution is -2.16. The van der Waals surface area contributed by atoms with Crippen LogP contribution in [0.3, 0.4) is 0 Å². The monoisotopic (exact) mass is 421 g/mol. The SMILES string of the molecule is Cc1cc(C)c(C)c(S(=O)(=O)Nc2cnn(Cc3ccc(F)cc3Cl)c2)c1C. The fourth-order valence-corrected chi connectivity index (χ4v) is 4.99. The van der Waals surface area contributed by atoms with E-state index >= 15 is 0 Å². The van der Waals surface area contributed by atoms with Crippen LogP contribution >= 0.6 is 11.6 Å². The number of nitrogens with one attached hydrogen (secondary N) is 1. The highest BCUT2D eigenvalue weighted by molar-refractivity contribution is 7.92. The number of anilines is 1. The third-order valence-electron chi connectivity index (χ3n) is 4.80. The van der Waals surface area contributed by atoms with E-state index in [4.69, 9.17) is 11.6 Å². The molecule has 0 amide bonds. The van der Waals surface area contributed by atoms with Gasteiger partial charge in [-0.25, -0.2) is 12.8 Å². The molecule has 5 nitrogen and oxygen atoms in total. The Bertz CT molecular complexity index is 1130. The molecule has 1 aromatic heterocycles. The zero-order chi connectivity index (χ0) is 20.6. The van der Waals surface area contributed by atoms with E-state index in [0.29, 0.717) is 27.7 Å². The Morgan fingerprint density at radius 2 is 1.75 bits per heavy atom. The minimum Gasteiger partial charge on any atom is -0.276 e. The second-order valence-electron chi connectivity index (χ2n) is 6.86. The summed E-state index contributed by atoms with van der Waals surface area (Å²) in [5.74, 6) is -0.415. The molecule has 8 heteroatoms. The smallest absolute Gasteiger partial charge is 0.262 e. The summed E-state index contributed by atoms with van der Waals surface area (Å²) in [5, 5.41) is 4.46. The van der Waals surface area contributed by atoms with Crippen LogP contribution in [0.25, 0.3) is 0 Å². The van der Waals surface area contributed by atoms with E-state index in [1.165, 1.54) is 23.0 Å². The summed E-state index contributed by atoms with van der Waals surface area (Å²) in [6.07, 6.45) is 3.01. The van der Waals surface area contributed by atoms with Gasteiger partial charge in [0, 0.05) is 11.2 Å². The highest BCUT2D eigenvalue weighted by Crippen LogP contribution is 2.28. The van der Waals surface area contributed by atoms with Gasteiger partial charge in [0.1, 0.15) is 5.82 Å². The molecule has 148 valence electrons. The second kappa shape index (κ2) is 7.56. The molecule has 1 heterocycles. The summed E-state index contributed by atoms with van der Waals surface area (Å²) in [7, 11) is -3.77. The summed E-state index contributed by atoms with van der Waals surface area (Å²) in [4.78, 5) is 0.291. The number of aromatic nitrogens is 2. The predicted molar refractivity (Wildman–Crippen MR) is 109 cm³/mol. The normalized spacial score (nSPS) is 11.6. The highest BCUT2D eigenvalue weighted by Gasteiger charge is 2.22. The molecular formula is C20H21ClFN3O2S. The first-order valence-electron chi connectivity index (χ1n) is 8.65. The maximum absolute atomic E-state index is 13.2. The van der Waals surface area contributed by atoms with Gasteiger partial charge < -0.3 is 0 Å². The molecule has 0 spiro atoms. The van der Waals surface area contributed by atoms with Gasteiger partial charge in [0.05, 0.1) is 23.3 Å². The fraction of sp³-hybridized carbons (Fsp3) is 0.250. The number of sulfonamides is 1. The van der Waals surface area contributed by atoms with E-state index in [9.17, 15) is 12.8 Å². The van der Waals surface area contributed by atoms with E-state index in [0.717, 1.165) is 22.3 Å². The molecule has 3 aromatic rings. The van der Waals surface area contributed by atoms with Crippen LogP contribution in [0.2, 0.25) is 5.02 Å². The lowest BCUT2D eigenvalue weighted by Gasteiger charge is -2.16. The van der Waals surface area contributed by atoms with Gasteiger partial charge in [-0.05, 0) is 67.6 Å². The van der Waals surface area contributed by atoms with E-state index in [-0.39, 0.29) is 0 Å². The van der Waals surface area contributed by atoms with Crippen molar-refractivity contribution in [3.63, 3.8) is 0 Å². The third kappa shape index (κ3) is 4.05. The molecule has 0 bridgehead atoms. The predicted octanol–water partition coefficient (Wildman–Crippen LogP) is 4.76. The van der Waals surface area contributed by atoms with Crippen molar-refractivity contribution in [1.29, 1.82) is 0 Å². The molecule has 0 fully saturated rings. The van der Waals surface area contributed by atoms with Gasteiger partial charge in [-0.3, -0.25) is 9.40 Å². The average molecular weight is 422 g/mol. The Morgan fingerprint density at radius 3 is 2.36 bits per heavy atom. The molecule has 0 radical (unpaired) electrons. The zero-order valence-electron chi connectivity index (χ0n) is 16.0. The van der Waals surface area contributed by atoms with Crippen LogP contribution < -0.4 is 4.72 Å². The van der Waals surface area contributed by atoms with Crippen molar-refractivity contribution in [2.75, 3.05) is 4.72 Å².